The Morgan fingerprint density at radius 1 is 1.08 bits per heavy atom. The Morgan fingerprint density at radius 2 is 1.84 bits per heavy atom. The molecule has 0 aliphatic carbocycles. The van der Waals surface area contributed by atoms with Crippen molar-refractivity contribution in [3.8, 4) is 17.2 Å². The van der Waals surface area contributed by atoms with E-state index in [1.54, 1.807) is 6.92 Å². The number of carbonyl (C=O) groups is 1. The van der Waals surface area contributed by atoms with Crippen LogP contribution in [0.2, 0.25) is 0 Å². The molecular weight excluding hydrogens is 517 g/mol. The first-order valence-corrected chi connectivity index (χ1v) is 11.7. The third-order valence-electron chi connectivity index (χ3n) is 5.23. The van der Waals surface area contributed by atoms with Crippen LogP contribution in [0, 0.1) is 17.5 Å². The molecule has 4 rings (SSSR count). The number of halogens is 3. The van der Waals surface area contributed by atoms with Gasteiger partial charge in [-0.25, -0.2) is 27.3 Å². The van der Waals surface area contributed by atoms with Crippen molar-refractivity contribution in [1.82, 2.24) is 9.55 Å². The van der Waals surface area contributed by atoms with Crippen molar-refractivity contribution in [2.24, 2.45) is 0 Å². The zero-order valence-corrected chi connectivity index (χ0v) is 20.0. The Balaban J connectivity index is 1.68. The number of H-pyrrole nitrogens is 1. The quantitative estimate of drug-likeness (QED) is 0.296. The van der Waals surface area contributed by atoms with Crippen molar-refractivity contribution >= 4 is 28.2 Å². The largest absolute Gasteiger partial charge is 0.491 e. The average molecular weight is 536 g/mol. The summed E-state index contributed by atoms with van der Waals surface area (Å²) >= 11 is 0.735. The summed E-state index contributed by atoms with van der Waals surface area (Å²) in [4.78, 5) is 39.1. The zero-order valence-electron chi connectivity index (χ0n) is 19.2. The highest BCUT2D eigenvalue weighted by Gasteiger charge is 2.21. The van der Waals surface area contributed by atoms with Crippen molar-refractivity contribution < 1.29 is 37.3 Å². The normalized spacial score (nSPS) is 11.1. The van der Waals surface area contributed by atoms with Gasteiger partial charge in [0, 0.05) is 18.1 Å². The Kier molecular flexibility index (Phi) is 7.64. The summed E-state index contributed by atoms with van der Waals surface area (Å²) in [5.74, 6) is -4.78. The van der Waals surface area contributed by atoms with Crippen LogP contribution in [-0.4, -0.2) is 40.4 Å². The molecule has 0 saturated carbocycles. The first kappa shape index (κ1) is 26.0. The number of hydrogen-bond donors (Lipinski definition) is 2. The van der Waals surface area contributed by atoms with Crippen LogP contribution in [0.15, 0.2) is 45.3 Å². The molecule has 0 aliphatic rings. The Labute approximate surface area is 210 Å². The molecular formula is C24H19F3N2O7S. The highest BCUT2D eigenvalue weighted by atomic mass is 32.1. The van der Waals surface area contributed by atoms with Gasteiger partial charge in [-0.05, 0) is 31.2 Å². The van der Waals surface area contributed by atoms with Gasteiger partial charge in [-0.15, -0.1) is 11.3 Å². The summed E-state index contributed by atoms with van der Waals surface area (Å²) < 4.78 is 59.7. The highest BCUT2D eigenvalue weighted by Crippen LogP contribution is 2.27. The molecule has 37 heavy (non-hydrogen) atoms. The molecule has 9 nitrogen and oxygen atoms in total. The molecule has 0 saturated heterocycles. The van der Waals surface area contributed by atoms with E-state index < -0.39 is 47.0 Å². The lowest BCUT2D eigenvalue weighted by atomic mass is 10.2. The van der Waals surface area contributed by atoms with Gasteiger partial charge >= 0.3 is 11.7 Å². The van der Waals surface area contributed by atoms with E-state index in [2.05, 4.69) is 4.98 Å². The van der Waals surface area contributed by atoms with Crippen LogP contribution in [0.4, 0.5) is 13.2 Å². The van der Waals surface area contributed by atoms with Crippen molar-refractivity contribution in [3.63, 3.8) is 0 Å². The molecule has 0 fully saturated rings. The number of nitrogens with zero attached hydrogens (tertiary/aromatic N) is 1. The van der Waals surface area contributed by atoms with Gasteiger partial charge in [0.2, 0.25) is 0 Å². The van der Waals surface area contributed by atoms with E-state index >= 15 is 0 Å². The Morgan fingerprint density at radius 3 is 2.57 bits per heavy atom. The maximum atomic E-state index is 14.7. The van der Waals surface area contributed by atoms with Crippen LogP contribution in [0.1, 0.15) is 22.2 Å². The molecule has 0 atom stereocenters. The molecule has 0 bridgehead atoms. The topological polar surface area (TPSA) is 120 Å². The number of aromatic carboxylic acids is 1. The summed E-state index contributed by atoms with van der Waals surface area (Å²) in [5.41, 5.74) is -2.83. The van der Waals surface area contributed by atoms with E-state index in [1.165, 1.54) is 11.4 Å². The number of benzene rings is 2. The van der Waals surface area contributed by atoms with Gasteiger partial charge in [0.25, 0.3) is 5.56 Å². The number of carboxylic acids is 1. The predicted octanol–water partition coefficient (Wildman–Crippen LogP) is 3.85. The van der Waals surface area contributed by atoms with Gasteiger partial charge in [0.05, 0.1) is 28.8 Å². The first-order valence-electron chi connectivity index (χ1n) is 10.8. The first-order chi connectivity index (χ1) is 17.7. The second kappa shape index (κ2) is 10.9. The van der Waals surface area contributed by atoms with E-state index in [9.17, 15) is 32.7 Å². The average Bonchev–Trinajstić information content (AvgIpc) is 3.29. The SMILES string of the molecule is CCOCCOc1ccc(F)c(F)c1COc1ccc(F)c(-n2c(=O)[nH]c3csc(C(=O)O)c3c2=O)c1. The van der Waals surface area contributed by atoms with Gasteiger partial charge < -0.3 is 24.3 Å². The molecule has 2 aromatic carbocycles. The van der Waals surface area contributed by atoms with Gasteiger partial charge in [0.15, 0.2) is 11.6 Å². The molecule has 13 heteroatoms. The highest BCUT2D eigenvalue weighted by molar-refractivity contribution is 7.13. The van der Waals surface area contributed by atoms with E-state index in [0.29, 0.717) is 11.2 Å². The number of nitrogens with one attached hydrogen (secondary N) is 1. The predicted molar refractivity (Wildman–Crippen MR) is 128 cm³/mol. The molecule has 0 amide bonds. The zero-order chi connectivity index (χ0) is 26.7. The number of aromatic amines is 1. The van der Waals surface area contributed by atoms with Crippen LogP contribution >= 0.6 is 11.3 Å². The molecule has 4 aromatic rings. The number of thiophene rings is 1. The lowest BCUT2D eigenvalue weighted by Gasteiger charge is -2.15. The number of aromatic nitrogens is 2. The second-order valence-corrected chi connectivity index (χ2v) is 8.39. The van der Waals surface area contributed by atoms with Crippen LogP contribution < -0.4 is 20.7 Å². The van der Waals surface area contributed by atoms with Gasteiger partial charge in [-0.3, -0.25) is 4.79 Å². The number of hydrogen-bond acceptors (Lipinski definition) is 7. The van der Waals surface area contributed by atoms with Crippen LogP contribution in [-0.2, 0) is 11.3 Å². The Bertz CT molecular complexity index is 1600. The van der Waals surface area contributed by atoms with Gasteiger partial charge in [-0.1, -0.05) is 0 Å². The Hall–Kier alpha value is -4.10. The molecule has 2 aromatic heterocycles. The van der Waals surface area contributed by atoms with Crippen molar-refractivity contribution in [2.75, 3.05) is 19.8 Å². The number of carboxylic acid groups (broad SMARTS) is 1. The van der Waals surface area contributed by atoms with Crippen LogP contribution in [0.25, 0.3) is 16.6 Å². The molecule has 2 heterocycles. The molecule has 0 radical (unpaired) electrons. The monoisotopic (exact) mass is 536 g/mol. The van der Waals surface area contributed by atoms with E-state index in [0.717, 1.165) is 35.6 Å². The molecule has 194 valence electrons. The molecule has 0 aliphatic heterocycles. The maximum Gasteiger partial charge on any atom is 0.346 e. The summed E-state index contributed by atoms with van der Waals surface area (Å²) in [6, 6.07) is 5.21. The summed E-state index contributed by atoms with van der Waals surface area (Å²) in [6.45, 7) is 2.00. The van der Waals surface area contributed by atoms with E-state index in [4.69, 9.17) is 14.2 Å². The number of rotatable bonds is 10. The molecule has 0 spiro atoms. The minimum Gasteiger partial charge on any atom is -0.491 e. The number of fused-ring (bicyclic) bond motifs is 1. The molecule has 0 unspecified atom stereocenters. The molecule has 2 N–H and O–H groups in total. The summed E-state index contributed by atoms with van der Waals surface area (Å²) in [6.07, 6.45) is 0. The fourth-order valence-corrected chi connectivity index (χ4v) is 4.35. The fourth-order valence-electron chi connectivity index (χ4n) is 3.52. The fraction of sp³-hybridized carbons (Fsp3) is 0.208. The van der Waals surface area contributed by atoms with Crippen LogP contribution in [0.3, 0.4) is 0 Å². The lowest BCUT2D eigenvalue weighted by Crippen LogP contribution is -2.34. The van der Waals surface area contributed by atoms with E-state index in [-0.39, 0.29) is 46.1 Å². The van der Waals surface area contributed by atoms with Gasteiger partial charge in [-0.2, -0.15) is 0 Å². The minimum atomic E-state index is -1.38. The third-order valence-corrected chi connectivity index (χ3v) is 6.20. The van der Waals surface area contributed by atoms with Gasteiger partial charge in [0.1, 0.15) is 35.4 Å². The van der Waals surface area contributed by atoms with Crippen LogP contribution in [0.5, 0.6) is 11.5 Å². The standard InChI is InChI=1S/C24H19F3N2O7S/c1-2-34-7-8-35-18-6-5-15(26)20(27)13(18)10-36-12-3-4-14(25)17(9-12)29-22(30)19-16(28-24(29)33)11-37-21(19)23(31)32/h3-6,9,11H,2,7-8,10H2,1H3,(H,28,33)(H,31,32). The maximum absolute atomic E-state index is 14.7. The second-order valence-electron chi connectivity index (χ2n) is 7.51. The van der Waals surface area contributed by atoms with E-state index in [1.807, 2.05) is 0 Å². The third kappa shape index (κ3) is 5.22. The minimum absolute atomic E-state index is 0.0000849. The summed E-state index contributed by atoms with van der Waals surface area (Å²) in [7, 11) is 0. The summed E-state index contributed by atoms with van der Waals surface area (Å²) in [5, 5.41) is 10.4. The number of ether oxygens (including phenoxy) is 3. The van der Waals surface area contributed by atoms with Crippen molar-refractivity contribution in [3.05, 3.63) is 84.4 Å². The van der Waals surface area contributed by atoms with Crippen molar-refractivity contribution in [1.29, 1.82) is 0 Å². The smallest absolute Gasteiger partial charge is 0.346 e. The lowest BCUT2D eigenvalue weighted by molar-refractivity contribution is 0.0704. The van der Waals surface area contributed by atoms with Crippen molar-refractivity contribution in [2.45, 2.75) is 13.5 Å².